The van der Waals surface area contributed by atoms with E-state index in [9.17, 15) is 13.7 Å². The van der Waals surface area contributed by atoms with Crippen molar-refractivity contribution in [3.63, 3.8) is 0 Å². The van der Waals surface area contributed by atoms with Crippen LogP contribution in [0.1, 0.15) is 70.0 Å². The van der Waals surface area contributed by atoms with Crippen molar-refractivity contribution in [2.75, 3.05) is 6.61 Å². The van der Waals surface area contributed by atoms with E-state index in [1.165, 1.54) is 6.07 Å². The smallest absolute Gasteiger partial charge is 0.307 e. The molecule has 0 aliphatic heterocycles. The van der Waals surface area contributed by atoms with Crippen LogP contribution in [0.3, 0.4) is 0 Å². The number of hydrogen-bond acceptors (Lipinski definition) is 4. The maximum absolute atomic E-state index is 15.1. The lowest BCUT2D eigenvalue weighted by atomic mass is 9.98. The number of rotatable bonds is 7. The zero-order valence-corrected chi connectivity index (χ0v) is 17.7. The first kappa shape index (κ1) is 21.6. The first-order valence-corrected chi connectivity index (χ1v) is 10.5. The molecule has 1 N–H and O–H groups in total. The Hall–Kier alpha value is -0.700. The Labute approximate surface area is 164 Å². The molecule has 1 aliphatic carbocycles. The highest BCUT2D eigenvalue weighted by molar-refractivity contribution is 9.10. The van der Waals surface area contributed by atoms with Crippen molar-refractivity contribution < 1.29 is 22.9 Å². The van der Waals surface area contributed by atoms with Crippen LogP contribution in [0.2, 0.25) is 0 Å². The molecule has 1 saturated carbocycles. The van der Waals surface area contributed by atoms with E-state index in [0.29, 0.717) is 5.56 Å². The number of halogens is 3. The molecule has 8 heteroatoms. The second-order valence-corrected chi connectivity index (χ2v) is 10.2. The fourth-order valence-electron chi connectivity index (χ4n) is 2.54. The normalized spacial score (nSPS) is 17.1. The first-order chi connectivity index (χ1) is 12.1. The van der Waals surface area contributed by atoms with Gasteiger partial charge in [0.05, 0.1) is 23.5 Å². The van der Waals surface area contributed by atoms with Crippen LogP contribution in [-0.4, -0.2) is 21.9 Å². The highest BCUT2D eigenvalue weighted by Crippen LogP contribution is 2.45. The van der Waals surface area contributed by atoms with Gasteiger partial charge in [-0.15, -0.1) is 4.72 Å². The monoisotopic (exact) mass is 451 g/mol. The van der Waals surface area contributed by atoms with Gasteiger partial charge in [0.25, 0.3) is 0 Å². The van der Waals surface area contributed by atoms with Crippen molar-refractivity contribution in [2.45, 2.75) is 63.7 Å². The van der Waals surface area contributed by atoms with Gasteiger partial charge in [0, 0.05) is 16.9 Å². The van der Waals surface area contributed by atoms with Crippen LogP contribution in [0, 0.1) is 11.6 Å². The summed E-state index contributed by atoms with van der Waals surface area (Å²) < 4.78 is 49.5. The van der Waals surface area contributed by atoms with Crippen molar-refractivity contribution in [3.8, 4) is 0 Å². The van der Waals surface area contributed by atoms with Crippen LogP contribution < -0.4 is 4.72 Å². The van der Waals surface area contributed by atoms with Gasteiger partial charge < -0.3 is 9.29 Å². The third-order valence-electron chi connectivity index (χ3n) is 4.07. The van der Waals surface area contributed by atoms with Gasteiger partial charge in [-0.25, -0.2) is 8.78 Å². The van der Waals surface area contributed by atoms with Gasteiger partial charge >= 0.3 is 5.97 Å². The van der Waals surface area contributed by atoms with E-state index < -0.39 is 39.8 Å². The molecule has 0 amide bonds. The molecule has 1 aromatic rings. The van der Waals surface area contributed by atoms with Gasteiger partial charge in [0.15, 0.2) is 0 Å². The van der Waals surface area contributed by atoms with Crippen molar-refractivity contribution in [1.29, 1.82) is 0 Å². The number of esters is 1. The maximum Gasteiger partial charge on any atom is 0.307 e. The summed E-state index contributed by atoms with van der Waals surface area (Å²) in [6, 6.07) is 0.359. The second-order valence-electron chi connectivity index (χ2n) is 7.32. The highest BCUT2D eigenvalue weighted by atomic mass is 79.9. The van der Waals surface area contributed by atoms with Crippen LogP contribution in [0.15, 0.2) is 10.5 Å². The van der Waals surface area contributed by atoms with Crippen molar-refractivity contribution in [2.24, 2.45) is 0 Å². The largest absolute Gasteiger partial charge is 0.598 e. The Kier molecular flexibility index (Phi) is 7.10. The Morgan fingerprint density at radius 3 is 2.54 bits per heavy atom. The number of nitrogens with one attached hydrogen (secondary N) is 1. The van der Waals surface area contributed by atoms with E-state index in [1.807, 2.05) is 0 Å². The summed E-state index contributed by atoms with van der Waals surface area (Å²) in [5.74, 6) is -2.02. The number of carbonyl (C=O) groups excluding carboxylic acids is 1. The fraction of sp³-hybridized carbons (Fsp3) is 0.611. The molecule has 1 aromatic carbocycles. The Morgan fingerprint density at radius 1 is 1.42 bits per heavy atom. The number of benzene rings is 1. The van der Waals surface area contributed by atoms with Crippen molar-refractivity contribution in [3.05, 3.63) is 33.3 Å². The lowest BCUT2D eigenvalue weighted by Crippen LogP contribution is -2.42. The summed E-state index contributed by atoms with van der Waals surface area (Å²) >= 11 is 1.52. The van der Waals surface area contributed by atoms with E-state index in [0.717, 1.165) is 12.8 Å². The zero-order valence-electron chi connectivity index (χ0n) is 15.3. The minimum absolute atomic E-state index is 0.0574. The van der Waals surface area contributed by atoms with E-state index in [1.54, 1.807) is 27.7 Å². The van der Waals surface area contributed by atoms with Crippen LogP contribution in [0.5, 0.6) is 0 Å². The minimum atomic E-state index is -1.62. The summed E-state index contributed by atoms with van der Waals surface area (Å²) in [4.78, 5) is 12.0. The van der Waals surface area contributed by atoms with E-state index in [4.69, 9.17) is 4.74 Å². The average molecular weight is 452 g/mol. The Balaban J connectivity index is 2.45. The summed E-state index contributed by atoms with van der Waals surface area (Å²) in [6.07, 6.45) is 1.38. The van der Waals surface area contributed by atoms with Crippen LogP contribution in [0.25, 0.3) is 0 Å². The first-order valence-electron chi connectivity index (χ1n) is 8.57. The molecular weight excluding hydrogens is 428 g/mol. The zero-order chi connectivity index (χ0) is 19.6. The minimum Gasteiger partial charge on any atom is -0.598 e. The van der Waals surface area contributed by atoms with Crippen molar-refractivity contribution >= 4 is 33.3 Å². The topological polar surface area (TPSA) is 61.4 Å². The van der Waals surface area contributed by atoms with Gasteiger partial charge in [-0.2, -0.15) is 0 Å². The van der Waals surface area contributed by atoms with Gasteiger partial charge in [-0.05, 0) is 74.0 Å². The van der Waals surface area contributed by atoms with Crippen LogP contribution >= 0.6 is 15.9 Å². The lowest BCUT2D eigenvalue weighted by molar-refractivity contribution is -0.143. The predicted molar refractivity (Wildman–Crippen MR) is 101 cm³/mol. The van der Waals surface area contributed by atoms with Crippen molar-refractivity contribution in [1.82, 2.24) is 4.72 Å². The van der Waals surface area contributed by atoms with Crippen LogP contribution in [0.4, 0.5) is 8.78 Å². The quantitative estimate of drug-likeness (QED) is 0.372. The van der Waals surface area contributed by atoms with Gasteiger partial charge in [0.1, 0.15) is 16.4 Å². The maximum atomic E-state index is 15.1. The molecular formula is C18H24BrF2NO3S. The second kappa shape index (κ2) is 8.54. The SMILES string of the molecule is CCOC(=O)CC(N[S+]([O-])C(C)(C)C)c1c(F)c(Br)cc(C2CC2)c1F. The van der Waals surface area contributed by atoms with Gasteiger partial charge in [-0.1, -0.05) is 0 Å². The molecule has 26 heavy (non-hydrogen) atoms. The van der Waals surface area contributed by atoms with E-state index >= 15 is 4.39 Å². The lowest BCUT2D eigenvalue weighted by Gasteiger charge is -2.28. The molecule has 0 spiro atoms. The third kappa shape index (κ3) is 5.18. The summed E-state index contributed by atoms with van der Waals surface area (Å²) in [5.41, 5.74) is 0.150. The predicted octanol–water partition coefficient (Wildman–Crippen LogP) is 4.65. The molecule has 0 saturated heterocycles. The van der Waals surface area contributed by atoms with E-state index in [2.05, 4.69) is 20.7 Å². The molecule has 146 valence electrons. The molecule has 2 atom stereocenters. The fourth-order valence-corrected chi connectivity index (χ4v) is 3.81. The molecule has 0 aromatic heterocycles. The van der Waals surface area contributed by atoms with Crippen LogP contribution in [-0.2, 0) is 20.9 Å². The summed E-state index contributed by atoms with van der Waals surface area (Å²) in [7, 11) is 0. The van der Waals surface area contributed by atoms with E-state index in [-0.39, 0.29) is 29.0 Å². The molecule has 2 rings (SSSR count). The molecule has 0 radical (unpaired) electrons. The number of hydrogen-bond donors (Lipinski definition) is 1. The van der Waals surface area contributed by atoms with Gasteiger partial charge in [-0.3, -0.25) is 4.79 Å². The van der Waals surface area contributed by atoms with Gasteiger partial charge in [0.2, 0.25) is 0 Å². The number of carbonyl (C=O) groups is 1. The highest BCUT2D eigenvalue weighted by Gasteiger charge is 2.37. The molecule has 1 fully saturated rings. The standard InChI is InChI=1S/C18H24BrF2NO3S/c1-5-25-14(23)9-13(22-26(24)18(2,3)4)15-16(20)11(10-6-7-10)8-12(19)17(15)21/h8,10,13,22H,5-7,9H2,1-4H3. The molecule has 1 aliphatic rings. The Morgan fingerprint density at radius 2 is 2.04 bits per heavy atom. The average Bonchev–Trinajstić information content (AvgIpc) is 3.35. The summed E-state index contributed by atoms with van der Waals surface area (Å²) in [6.45, 7) is 7.02. The molecule has 4 nitrogen and oxygen atoms in total. The molecule has 0 heterocycles. The summed E-state index contributed by atoms with van der Waals surface area (Å²) in [5, 5.41) is 0. The molecule has 0 bridgehead atoms. The third-order valence-corrected chi connectivity index (χ3v) is 6.25. The Bertz CT molecular complexity index is 677. The number of ether oxygens (including phenoxy) is 1. The molecule has 2 unspecified atom stereocenters.